The summed E-state index contributed by atoms with van der Waals surface area (Å²) >= 11 is 6.27. The Labute approximate surface area is 121 Å². The maximum atomic E-state index is 10.2. The maximum absolute atomic E-state index is 10.2. The van der Waals surface area contributed by atoms with Crippen LogP contribution < -0.4 is 0 Å². The molecule has 0 bridgehead atoms. The zero-order valence-corrected chi connectivity index (χ0v) is 12.8. The van der Waals surface area contributed by atoms with Gasteiger partial charge in [-0.05, 0) is 32.6 Å². The van der Waals surface area contributed by atoms with Gasteiger partial charge in [0, 0.05) is 13.0 Å². The molecule has 1 unspecified atom stereocenters. The summed E-state index contributed by atoms with van der Waals surface area (Å²) in [5.74, 6) is 0.836. The Morgan fingerprint density at radius 2 is 2.11 bits per heavy atom. The Morgan fingerprint density at radius 1 is 1.42 bits per heavy atom. The third-order valence-corrected chi connectivity index (χ3v) is 4.76. The first-order chi connectivity index (χ1) is 9.11. The lowest BCUT2D eigenvalue weighted by Gasteiger charge is -2.14. The molecular weight excluding hydrogens is 260 g/mol. The van der Waals surface area contributed by atoms with Crippen molar-refractivity contribution in [1.29, 1.82) is 0 Å². The lowest BCUT2D eigenvalue weighted by atomic mass is 9.98. The van der Waals surface area contributed by atoms with Gasteiger partial charge in [-0.2, -0.15) is 5.10 Å². The number of aryl methyl sites for hydroxylation is 2. The van der Waals surface area contributed by atoms with E-state index < -0.39 is 0 Å². The highest BCUT2D eigenvalue weighted by molar-refractivity contribution is 6.31. The van der Waals surface area contributed by atoms with Crippen molar-refractivity contribution in [1.82, 2.24) is 9.78 Å². The molecule has 0 aromatic carbocycles. The molecule has 19 heavy (non-hydrogen) atoms. The van der Waals surface area contributed by atoms with Crippen molar-refractivity contribution in [3.05, 3.63) is 16.4 Å². The van der Waals surface area contributed by atoms with Crippen LogP contribution in [0.25, 0.3) is 0 Å². The van der Waals surface area contributed by atoms with E-state index in [4.69, 9.17) is 11.6 Å². The van der Waals surface area contributed by atoms with Crippen LogP contribution in [0.4, 0.5) is 0 Å². The molecule has 0 radical (unpaired) electrons. The molecule has 4 heteroatoms. The average Bonchev–Trinajstić information content (AvgIpc) is 3.00. The van der Waals surface area contributed by atoms with Crippen LogP contribution in [0.5, 0.6) is 0 Å². The molecule has 1 atom stereocenters. The van der Waals surface area contributed by atoms with Crippen LogP contribution in [-0.4, -0.2) is 21.0 Å². The van der Waals surface area contributed by atoms with Crippen molar-refractivity contribution < 1.29 is 5.11 Å². The molecule has 0 aliphatic heterocycles. The van der Waals surface area contributed by atoms with Gasteiger partial charge in [-0.1, -0.05) is 37.3 Å². The zero-order valence-electron chi connectivity index (χ0n) is 12.0. The summed E-state index contributed by atoms with van der Waals surface area (Å²) in [5.41, 5.74) is 1.85. The molecule has 1 N–H and O–H groups in total. The fraction of sp³-hybridized carbons (Fsp3) is 0.800. The van der Waals surface area contributed by atoms with Gasteiger partial charge in [-0.15, -0.1) is 0 Å². The number of aliphatic hydroxyl groups is 1. The van der Waals surface area contributed by atoms with E-state index in [0.29, 0.717) is 6.42 Å². The van der Waals surface area contributed by atoms with Gasteiger partial charge in [0.15, 0.2) is 0 Å². The van der Waals surface area contributed by atoms with Gasteiger partial charge in [0.25, 0.3) is 0 Å². The van der Waals surface area contributed by atoms with Crippen LogP contribution in [0.3, 0.4) is 0 Å². The number of nitrogens with zero attached hydrogens (tertiary/aromatic N) is 2. The number of rotatable bonds is 6. The van der Waals surface area contributed by atoms with Crippen LogP contribution in [0, 0.1) is 12.8 Å². The maximum Gasteiger partial charge on any atom is 0.0848 e. The van der Waals surface area contributed by atoms with Gasteiger partial charge in [-0.3, -0.25) is 4.68 Å². The summed E-state index contributed by atoms with van der Waals surface area (Å²) in [6.45, 7) is 4.78. The molecule has 1 aromatic heterocycles. The van der Waals surface area contributed by atoms with E-state index in [9.17, 15) is 5.11 Å². The molecule has 1 aromatic rings. The molecule has 108 valence electrons. The Balaban J connectivity index is 1.88. The van der Waals surface area contributed by atoms with Crippen molar-refractivity contribution in [3.63, 3.8) is 0 Å². The summed E-state index contributed by atoms with van der Waals surface area (Å²) < 4.78 is 1.91. The number of aliphatic hydroxyl groups excluding tert-OH is 1. The Hall–Kier alpha value is -0.540. The number of halogens is 1. The highest BCUT2D eigenvalue weighted by atomic mass is 35.5. The Morgan fingerprint density at radius 3 is 2.74 bits per heavy atom. The van der Waals surface area contributed by atoms with Crippen LogP contribution in [0.2, 0.25) is 5.02 Å². The van der Waals surface area contributed by atoms with E-state index in [1.54, 1.807) is 0 Å². The molecule has 0 saturated heterocycles. The second kappa shape index (κ2) is 6.76. The second-order valence-corrected chi connectivity index (χ2v) is 6.13. The molecule has 1 fully saturated rings. The first-order valence-electron chi connectivity index (χ1n) is 7.51. The molecular formula is C15H25ClN2O. The second-order valence-electron chi connectivity index (χ2n) is 5.75. The Kier molecular flexibility index (Phi) is 5.28. The highest BCUT2D eigenvalue weighted by Crippen LogP contribution is 2.30. The molecule has 1 aliphatic rings. The minimum atomic E-state index is -0.292. The van der Waals surface area contributed by atoms with E-state index in [1.807, 2.05) is 11.6 Å². The minimum absolute atomic E-state index is 0.292. The molecule has 0 amide bonds. The first kappa shape index (κ1) is 14.9. The number of hydrogen-bond acceptors (Lipinski definition) is 2. The molecule has 2 rings (SSSR count). The standard InChI is InChI=1S/C15H25ClN2O/c1-3-18-14(15(16)11(2)17-18)10-13(19)9-8-12-6-4-5-7-12/h12-13,19H,3-10H2,1-2H3. The molecule has 0 spiro atoms. The van der Waals surface area contributed by atoms with Gasteiger partial charge >= 0.3 is 0 Å². The highest BCUT2D eigenvalue weighted by Gasteiger charge is 2.19. The van der Waals surface area contributed by atoms with Gasteiger partial charge in [0.05, 0.1) is 22.5 Å². The minimum Gasteiger partial charge on any atom is -0.393 e. The summed E-state index contributed by atoms with van der Waals surface area (Å²) in [5, 5.41) is 15.3. The van der Waals surface area contributed by atoms with E-state index >= 15 is 0 Å². The quantitative estimate of drug-likeness (QED) is 0.864. The van der Waals surface area contributed by atoms with E-state index in [0.717, 1.165) is 41.7 Å². The number of hydrogen-bond donors (Lipinski definition) is 1. The smallest absolute Gasteiger partial charge is 0.0848 e. The van der Waals surface area contributed by atoms with Gasteiger partial charge < -0.3 is 5.11 Å². The summed E-state index contributed by atoms with van der Waals surface area (Å²) in [4.78, 5) is 0. The van der Waals surface area contributed by atoms with Crippen molar-refractivity contribution >= 4 is 11.6 Å². The zero-order chi connectivity index (χ0) is 13.8. The van der Waals surface area contributed by atoms with Crippen LogP contribution in [0.15, 0.2) is 0 Å². The summed E-state index contributed by atoms with van der Waals surface area (Å²) in [6.07, 6.45) is 7.80. The van der Waals surface area contributed by atoms with Gasteiger partial charge in [0.1, 0.15) is 0 Å². The molecule has 1 aliphatic carbocycles. The van der Waals surface area contributed by atoms with E-state index in [-0.39, 0.29) is 6.10 Å². The predicted molar refractivity (Wildman–Crippen MR) is 78.6 cm³/mol. The van der Waals surface area contributed by atoms with Gasteiger partial charge in [0.2, 0.25) is 0 Å². The lowest BCUT2D eigenvalue weighted by Crippen LogP contribution is -2.15. The van der Waals surface area contributed by atoms with Crippen molar-refractivity contribution in [2.75, 3.05) is 0 Å². The summed E-state index contributed by atoms with van der Waals surface area (Å²) in [7, 11) is 0. The topological polar surface area (TPSA) is 38.0 Å². The fourth-order valence-corrected chi connectivity index (χ4v) is 3.33. The third-order valence-electron chi connectivity index (χ3n) is 4.26. The summed E-state index contributed by atoms with van der Waals surface area (Å²) in [6, 6.07) is 0. The van der Waals surface area contributed by atoms with Crippen molar-refractivity contribution in [2.45, 2.75) is 71.4 Å². The molecule has 1 saturated carbocycles. The van der Waals surface area contributed by atoms with E-state index in [1.165, 1.54) is 25.7 Å². The van der Waals surface area contributed by atoms with Crippen LogP contribution in [0.1, 0.15) is 56.8 Å². The SMILES string of the molecule is CCn1nc(C)c(Cl)c1CC(O)CCC1CCCC1. The molecule has 1 heterocycles. The average molecular weight is 285 g/mol. The van der Waals surface area contributed by atoms with E-state index in [2.05, 4.69) is 12.0 Å². The predicted octanol–water partition coefficient (Wildman–Crippen LogP) is 3.74. The fourth-order valence-electron chi connectivity index (χ4n) is 3.12. The first-order valence-corrected chi connectivity index (χ1v) is 7.89. The van der Waals surface area contributed by atoms with Crippen molar-refractivity contribution in [3.8, 4) is 0 Å². The number of aromatic nitrogens is 2. The largest absolute Gasteiger partial charge is 0.393 e. The van der Waals surface area contributed by atoms with Gasteiger partial charge in [-0.25, -0.2) is 0 Å². The Bertz CT molecular complexity index is 411. The molecule has 3 nitrogen and oxygen atoms in total. The third kappa shape index (κ3) is 3.73. The van der Waals surface area contributed by atoms with Crippen LogP contribution >= 0.6 is 11.6 Å². The van der Waals surface area contributed by atoms with Crippen LogP contribution in [-0.2, 0) is 13.0 Å². The normalized spacial score (nSPS) is 18.1. The lowest BCUT2D eigenvalue weighted by molar-refractivity contribution is 0.152. The van der Waals surface area contributed by atoms with Crippen molar-refractivity contribution in [2.24, 2.45) is 5.92 Å². The monoisotopic (exact) mass is 284 g/mol.